The van der Waals surface area contributed by atoms with E-state index in [-0.39, 0.29) is 18.9 Å². The standard InChI is InChI=1S/C14H15N3O4/c1-14(5-10(18)11(19)16-13(14)21)17-6-8-7(12(17)20)3-2-4-9(8)15/h2-4,11,19H,5-6,15H2,1H3,(H,16,21). The number of piperidine rings is 1. The quantitative estimate of drug-likeness (QED) is 0.597. The van der Waals surface area contributed by atoms with Crippen molar-refractivity contribution in [3.05, 3.63) is 29.3 Å². The van der Waals surface area contributed by atoms with Crippen LogP contribution in [-0.2, 0) is 16.1 Å². The number of hydrogen-bond donors (Lipinski definition) is 3. The SMILES string of the molecule is CC1(N2Cc3c(N)cccc3C2=O)CC(=O)C(O)NC1=O. The third-order valence-electron chi connectivity index (χ3n) is 4.18. The Morgan fingerprint density at radius 2 is 2.10 bits per heavy atom. The van der Waals surface area contributed by atoms with Crippen molar-refractivity contribution in [2.45, 2.75) is 31.7 Å². The van der Waals surface area contributed by atoms with Gasteiger partial charge in [-0.2, -0.15) is 0 Å². The van der Waals surface area contributed by atoms with Gasteiger partial charge in [0.25, 0.3) is 5.91 Å². The van der Waals surface area contributed by atoms with Crippen molar-refractivity contribution >= 4 is 23.3 Å². The van der Waals surface area contributed by atoms with E-state index in [0.717, 1.165) is 0 Å². The van der Waals surface area contributed by atoms with Gasteiger partial charge in [0, 0.05) is 29.8 Å². The van der Waals surface area contributed by atoms with Gasteiger partial charge in [0.2, 0.25) is 5.91 Å². The molecule has 3 rings (SSSR count). The summed E-state index contributed by atoms with van der Waals surface area (Å²) in [7, 11) is 0. The second-order valence-electron chi connectivity index (χ2n) is 5.56. The summed E-state index contributed by atoms with van der Waals surface area (Å²) < 4.78 is 0. The molecule has 110 valence electrons. The molecular weight excluding hydrogens is 274 g/mol. The number of nitrogen functional groups attached to an aromatic ring is 1. The maximum atomic E-state index is 12.5. The largest absolute Gasteiger partial charge is 0.398 e. The number of hydrogen-bond acceptors (Lipinski definition) is 5. The number of benzene rings is 1. The molecule has 0 saturated carbocycles. The van der Waals surface area contributed by atoms with Crippen LogP contribution in [0.2, 0.25) is 0 Å². The van der Waals surface area contributed by atoms with Crippen LogP contribution in [0.1, 0.15) is 29.3 Å². The van der Waals surface area contributed by atoms with Crippen molar-refractivity contribution in [3.63, 3.8) is 0 Å². The molecule has 2 amide bonds. The van der Waals surface area contributed by atoms with E-state index in [9.17, 15) is 19.5 Å². The Balaban J connectivity index is 1.99. The number of nitrogens with one attached hydrogen (secondary N) is 1. The zero-order valence-electron chi connectivity index (χ0n) is 11.4. The predicted octanol–water partition coefficient (Wildman–Crippen LogP) is -0.609. The highest BCUT2D eigenvalue weighted by molar-refractivity contribution is 6.07. The molecule has 1 saturated heterocycles. The molecule has 0 aromatic heterocycles. The highest BCUT2D eigenvalue weighted by Crippen LogP contribution is 2.35. The lowest BCUT2D eigenvalue weighted by atomic mass is 9.88. The second kappa shape index (κ2) is 4.29. The average Bonchev–Trinajstić information content (AvgIpc) is 2.77. The zero-order chi connectivity index (χ0) is 15.4. The average molecular weight is 289 g/mol. The molecule has 0 aliphatic carbocycles. The Morgan fingerprint density at radius 3 is 2.76 bits per heavy atom. The van der Waals surface area contributed by atoms with E-state index in [0.29, 0.717) is 16.8 Å². The summed E-state index contributed by atoms with van der Waals surface area (Å²) in [6, 6.07) is 5.01. The number of carbonyl (C=O) groups excluding carboxylic acids is 3. The van der Waals surface area contributed by atoms with Crippen LogP contribution in [-0.4, -0.2) is 39.4 Å². The Hall–Kier alpha value is -2.41. The number of fused-ring (bicyclic) bond motifs is 1. The van der Waals surface area contributed by atoms with Crippen molar-refractivity contribution in [2.24, 2.45) is 0 Å². The van der Waals surface area contributed by atoms with E-state index in [1.54, 1.807) is 18.2 Å². The van der Waals surface area contributed by atoms with Crippen LogP contribution in [0.4, 0.5) is 5.69 Å². The number of Topliss-reactive ketones (excluding diaryl/α,β-unsaturated/α-hetero) is 1. The maximum Gasteiger partial charge on any atom is 0.255 e. The smallest absolute Gasteiger partial charge is 0.255 e. The minimum atomic E-state index is -1.50. The summed E-state index contributed by atoms with van der Waals surface area (Å²) in [5.74, 6) is -1.40. The number of amides is 2. The van der Waals surface area contributed by atoms with Crippen LogP contribution < -0.4 is 11.1 Å². The highest BCUT2D eigenvalue weighted by Gasteiger charge is 2.51. The van der Waals surface area contributed by atoms with Crippen LogP contribution >= 0.6 is 0 Å². The summed E-state index contributed by atoms with van der Waals surface area (Å²) in [6.07, 6.45) is -1.73. The molecule has 4 N–H and O–H groups in total. The van der Waals surface area contributed by atoms with Gasteiger partial charge in [0.15, 0.2) is 12.0 Å². The molecule has 1 aromatic rings. The van der Waals surface area contributed by atoms with Crippen molar-refractivity contribution in [3.8, 4) is 0 Å². The summed E-state index contributed by atoms with van der Waals surface area (Å²) in [4.78, 5) is 37.8. The monoisotopic (exact) mass is 289 g/mol. The number of aliphatic hydroxyl groups excluding tert-OH is 1. The summed E-state index contributed by atoms with van der Waals surface area (Å²) in [5.41, 5.74) is 6.14. The molecule has 2 unspecified atom stereocenters. The predicted molar refractivity (Wildman–Crippen MR) is 72.9 cm³/mol. The van der Waals surface area contributed by atoms with Gasteiger partial charge in [0.1, 0.15) is 5.54 Å². The summed E-state index contributed by atoms with van der Waals surface area (Å²) in [5, 5.41) is 11.6. The first-order chi connectivity index (χ1) is 9.84. The van der Waals surface area contributed by atoms with Gasteiger partial charge in [-0.15, -0.1) is 0 Å². The molecule has 2 aliphatic rings. The van der Waals surface area contributed by atoms with Crippen molar-refractivity contribution in [2.75, 3.05) is 5.73 Å². The molecule has 2 aliphatic heterocycles. The molecule has 1 fully saturated rings. The molecule has 0 bridgehead atoms. The third-order valence-corrected chi connectivity index (χ3v) is 4.18. The van der Waals surface area contributed by atoms with E-state index in [4.69, 9.17) is 5.73 Å². The number of nitrogens with two attached hydrogens (primary N) is 1. The molecule has 1 aromatic carbocycles. The van der Waals surface area contributed by atoms with Gasteiger partial charge in [-0.3, -0.25) is 14.4 Å². The minimum absolute atomic E-state index is 0.175. The third kappa shape index (κ3) is 1.81. The number of anilines is 1. The summed E-state index contributed by atoms with van der Waals surface area (Å²) in [6.45, 7) is 1.69. The van der Waals surface area contributed by atoms with Crippen molar-refractivity contribution < 1.29 is 19.5 Å². The summed E-state index contributed by atoms with van der Waals surface area (Å²) >= 11 is 0. The Morgan fingerprint density at radius 1 is 1.38 bits per heavy atom. The number of aliphatic hydroxyl groups is 1. The van der Waals surface area contributed by atoms with Gasteiger partial charge in [-0.25, -0.2) is 0 Å². The van der Waals surface area contributed by atoms with Crippen LogP contribution in [0.25, 0.3) is 0 Å². The van der Waals surface area contributed by atoms with Crippen LogP contribution in [0.5, 0.6) is 0 Å². The molecule has 7 heteroatoms. The van der Waals surface area contributed by atoms with E-state index in [1.165, 1.54) is 11.8 Å². The Kier molecular flexibility index (Phi) is 2.77. The first kappa shape index (κ1) is 13.6. The fraction of sp³-hybridized carbons (Fsp3) is 0.357. The zero-order valence-corrected chi connectivity index (χ0v) is 11.4. The number of carbonyl (C=O) groups is 3. The number of nitrogens with zero attached hydrogens (tertiary/aromatic N) is 1. The Labute approximate surface area is 120 Å². The molecule has 2 heterocycles. The lowest BCUT2D eigenvalue weighted by Crippen LogP contribution is -2.65. The fourth-order valence-electron chi connectivity index (χ4n) is 2.85. The maximum absolute atomic E-state index is 12.5. The molecule has 21 heavy (non-hydrogen) atoms. The lowest BCUT2D eigenvalue weighted by molar-refractivity contribution is -0.150. The fourth-order valence-corrected chi connectivity index (χ4v) is 2.85. The highest BCUT2D eigenvalue weighted by atomic mass is 16.3. The van der Waals surface area contributed by atoms with Gasteiger partial charge in [0.05, 0.1) is 0 Å². The minimum Gasteiger partial charge on any atom is -0.398 e. The molecular formula is C14H15N3O4. The normalized spacial score (nSPS) is 28.6. The number of rotatable bonds is 1. The van der Waals surface area contributed by atoms with Crippen LogP contribution in [0.15, 0.2) is 18.2 Å². The van der Waals surface area contributed by atoms with E-state index in [2.05, 4.69) is 5.32 Å². The molecule has 7 nitrogen and oxygen atoms in total. The van der Waals surface area contributed by atoms with Crippen molar-refractivity contribution in [1.82, 2.24) is 10.2 Å². The van der Waals surface area contributed by atoms with Crippen LogP contribution in [0.3, 0.4) is 0 Å². The van der Waals surface area contributed by atoms with E-state index < -0.39 is 23.5 Å². The topological polar surface area (TPSA) is 113 Å². The molecule has 2 atom stereocenters. The first-order valence-electron chi connectivity index (χ1n) is 6.55. The first-order valence-corrected chi connectivity index (χ1v) is 6.55. The lowest BCUT2D eigenvalue weighted by Gasteiger charge is -2.40. The van der Waals surface area contributed by atoms with Crippen molar-refractivity contribution in [1.29, 1.82) is 0 Å². The second-order valence-corrected chi connectivity index (χ2v) is 5.56. The van der Waals surface area contributed by atoms with Gasteiger partial charge in [-0.1, -0.05) is 6.07 Å². The Bertz CT molecular complexity index is 672. The van der Waals surface area contributed by atoms with Gasteiger partial charge in [-0.05, 0) is 19.1 Å². The molecule has 0 radical (unpaired) electrons. The molecule has 0 spiro atoms. The van der Waals surface area contributed by atoms with Gasteiger partial charge < -0.3 is 21.1 Å². The number of ketones is 1. The van der Waals surface area contributed by atoms with E-state index in [1.807, 2.05) is 0 Å². The van der Waals surface area contributed by atoms with Gasteiger partial charge >= 0.3 is 0 Å². The van der Waals surface area contributed by atoms with E-state index >= 15 is 0 Å². The van der Waals surface area contributed by atoms with Crippen LogP contribution in [0, 0.1) is 0 Å².